The fourth-order valence-corrected chi connectivity index (χ4v) is 3.06. The zero-order valence-corrected chi connectivity index (χ0v) is 15.2. The number of rotatable bonds is 3. The van der Waals surface area contributed by atoms with Crippen LogP contribution in [0.2, 0.25) is 0 Å². The normalized spacial score (nSPS) is 16.9. The summed E-state index contributed by atoms with van der Waals surface area (Å²) in [6, 6.07) is 3.78. The van der Waals surface area contributed by atoms with Crippen LogP contribution in [0.4, 0.5) is 10.1 Å². The third kappa shape index (κ3) is 5.28. The molecule has 1 aromatic rings. The predicted octanol–water partition coefficient (Wildman–Crippen LogP) is 3.57. The number of piperazine rings is 1. The van der Waals surface area contributed by atoms with Crippen molar-refractivity contribution in [3.63, 3.8) is 0 Å². The van der Waals surface area contributed by atoms with E-state index in [0.717, 1.165) is 32.2 Å². The molecule has 23 heavy (non-hydrogen) atoms. The summed E-state index contributed by atoms with van der Waals surface area (Å²) in [6.45, 7) is 9.57. The van der Waals surface area contributed by atoms with Gasteiger partial charge in [0, 0.05) is 37.8 Å². The number of nitro benzene ring substituents is 1. The van der Waals surface area contributed by atoms with E-state index in [1.165, 1.54) is 6.07 Å². The molecule has 0 amide bonds. The molecule has 1 atom stereocenters. The minimum atomic E-state index is -0.571. The first kappa shape index (κ1) is 22.1. The van der Waals surface area contributed by atoms with Gasteiger partial charge in [-0.05, 0) is 17.5 Å². The van der Waals surface area contributed by atoms with Crippen LogP contribution in [0.25, 0.3) is 0 Å². The van der Waals surface area contributed by atoms with E-state index < -0.39 is 10.7 Å². The van der Waals surface area contributed by atoms with Gasteiger partial charge in [-0.15, -0.1) is 24.8 Å². The van der Waals surface area contributed by atoms with Crippen molar-refractivity contribution in [3.05, 3.63) is 39.7 Å². The SMILES string of the molecule is CC(C)(C)[C@@H](c1ccc(F)cc1[N+](=O)[O-])N1CCNCC1.Cl.Cl. The van der Waals surface area contributed by atoms with Gasteiger partial charge in [0.25, 0.3) is 5.69 Å². The summed E-state index contributed by atoms with van der Waals surface area (Å²) in [5.74, 6) is -0.571. The predicted molar refractivity (Wildman–Crippen MR) is 94.2 cm³/mol. The van der Waals surface area contributed by atoms with Gasteiger partial charge >= 0.3 is 0 Å². The average Bonchev–Trinajstić information content (AvgIpc) is 2.40. The molecule has 1 aliphatic heterocycles. The fraction of sp³-hybridized carbons (Fsp3) is 0.600. The summed E-state index contributed by atoms with van der Waals surface area (Å²) in [6.07, 6.45) is 0. The molecular formula is C15H24Cl2FN3O2. The number of benzene rings is 1. The van der Waals surface area contributed by atoms with E-state index >= 15 is 0 Å². The molecule has 0 saturated carbocycles. The van der Waals surface area contributed by atoms with Gasteiger partial charge in [0.15, 0.2) is 0 Å². The zero-order chi connectivity index (χ0) is 15.6. The Kier molecular flexibility index (Phi) is 8.41. The van der Waals surface area contributed by atoms with E-state index in [9.17, 15) is 14.5 Å². The van der Waals surface area contributed by atoms with Crippen LogP contribution >= 0.6 is 24.8 Å². The Labute approximate surface area is 148 Å². The van der Waals surface area contributed by atoms with Gasteiger partial charge in [0.05, 0.1) is 11.0 Å². The van der Waals surface area contributed by atoms with Crippen molar-refractivity contribution in [2.24, 2.45) is 5.41 Å². The molecule has 0 radical (unpaired) electrons. The van der Waals surface area contributed by atoms with Crippen molar-refractivity contribution in [2.75, 3.05) is 26.2 Å². The topological polar surface area (TPSA) is 58.4 Å². The number of hydrogen-bond donors (Lipinski definition) is 1. The van der Waals surface area contributed by atoms with Crippen molar-refractivity contribution in [2.45, 2.75) is 26.8 Å². The lowest BCUT2D eigenvalue weighted by Crippen LogP contribution is -2.48. The molecule has 1 heterocycles. The Morgan fingerprint density at radius 2 is 1.83 bits per heavy atom. The lowest BCUT2D eigenvalue weighted by Gasteiger charge is -2.42. The highest BCUT2D eigenvalue weighted by Gasteiger charge is 2.36. The van der Waals surface area contributed by atoms with E-state index in [-0.39, 0.29) is 42.0 Å². The second kappa shape index (κ2) is 8.78. The smallest absolute Gasteiger partial charge is 0.277 e. The highest BCUT2D eigenvalue weighted by molar-refractivity contribution is 5.85. The van der Waals surface area contributed by atoms with Crippen LogP contribution in [0.15, 0.2) is 18.2 Å². The van der Waals surface area contributed by atoms with Gasteiger partial charge in [0.1, 0.15) is 5.82 Å². The van der Waals surface area contributed by atoms with Crippen LogP contribution in [-0.4, -0.2) is 36.0 Å². The Bertz CT molecular complexity index is 532. The minimum Gasteiger partial charge on any atom is -0.314 e. The van der Waals surface area contributed by atoms with Gasteiger partial charge in [-0.25, -0.2) is 4.39 Å². The maximum atomic E-state index is 13.4. The third-order valence-corrected chi connectivity index (χ3v) is 3.82. The molecule has 5 nitrogen and oxygen atoms in total. The molecule has 0 aliphatic carbocycles. The third-order valence-electron chi connectivity index (χ3n) is 3.82. The molecule has 0 spiro atoms. The lowest BCUT2D eigenvalue weighted by molar-refractivity contribution is -0.386. The Morgan fingerprint density at radius 1 is 1.26 bits per heavy atom. The van der Waals surface area contributed by atoms with Crippen LogP contribution < -0.4 is 5.32 Å². The minimum absolute atomic E-state index is 0. The molecule has 0 aromatic heterocycles. The molecule has 1 aromatic carbocycles. The molecule has 0 unspecified atom stereocenters. The van der Waals surface area contributed by atoms with Gasteiger partial charge < -0.3 is 5.32 Å². The summed E-state index contributed by atoms with van der Waals surface area (Å²) < 4.78 is 13.4. The summed E-state index contributed by atoms with van der Waals surface area (Å²) in [7, 11) is 0. The van der Waals surface area contributed by atoms with Crippen molar-refractivity contribution in [3.8, 4) is 0 Å². The monoisotopic (exact) mass is 367 g/mol. The Balaban J connectivity index is 0.00000242. The molecule has 1 aliphatic rings. The number of nitrogens with zero attached hydrogens (tertiary/aromatic N) is 2. The lowest BCUT2D eigenvalue weighted by atomic mass is 9.80. The summed E-state index contributed by atoms with van der Waals surface area (Å²) in [4.78, 5) is 13.1. The maximum Gasteiger partial charge on any atom is 0.277 e. The van der Waals surface area contributed by atoms with E-state index in [0.29, 0.717) is 5.56 Å². The molecule has 1 N–H and O–H groups in total. The first-order chi connectivity index (χ1) is 9.80. The van der Waals surface area contributed by atoms with E-state index in [1.54, 1.807) is 6.07 Å². The molecule has 8 heteroatoms. The van der Waals surface area contributed by atoms with E-state index in [1.807, 2.05) is 0 Å². The Hall–Kier alpha value is -0.950. The average molecular weight is 368 g/mol. The zero-order valence-electron chi connectivity index (χ0n) is 13.5. The largest absolute Gasteiger partial charge is 0.314 e. The van der Waals surface area contributed by atoms with Crippen LogP contribution in [0, 0.1) is 21.3 Å². The summed E-state index contributed by atoms with van der Waals surface area (Å²) in [5, 5.41) is 14.6. The van der Waals surface area contributed by atoms with Crippen molar-refractivity contribution in [1.29, 1.82) is 0 Å². The molecule has 132 valence electrons. The molecular weight excluding hydrogens is 344 g/mol. The molecule has 0 bridgehead atoms. The van der Waals surface area contributed by atoms with Crippen molar-refractivity contribution in [1.82, 2.24) is 10.2 Å². The number of halogens is 3. The molecule has 2 rings (SSSR count). The van der Waals surface area contributed by atoms with Gasteiger partial charge in [-0.2, -0.15) is 0 Å². The standard InChI is InChI=1S/C15H22FN3O2.2ClH/c1-15(2,3)14(18-8-6-17-7-9-18)12-5-4-11(16)10-13(12)19(20)21;;/h4-5,10,14,17H,6-9H2,1-3H3;2*1H/t14-;;/m1../s1. The summed E-state index contributed by atoms with van der Waals surface area (Å²) in [5.41, 5.74) is 0.282. The van der Waals surface area contributed by atoms with E-state index in [4.69, 9.17) is 0 Å². The van der Waals surface area contributed by atoms with E-state index in [2.05, 4.69) is 31.0 Å². The maximum absolute atomic E-state index is 13.4. The van der Waals surface area contributed by atoms with Crippen molar-refractivity contribution < 1.29 is 9.31 Å². The molecule has 1 saturated heterocycles. The first-order valence-electron chi connectivity index (χ1n) is 7.19. The highest BCUT2D eigenvalue weighted by atomic mass is 35.5. The van der Waals surface area contributed by atoms with Crippen LogP contribution in [0.1, 0.15) is 32.4 Å². The first-order valence-corrected chi connectivity index (χ1v) is 7.19. The van der Waals surface area contributed by atoms with Crippen LogP contribution in [0.5, 0.6) is 0 Å². The number of hydrogen-bond acceptors (Lipinski definition) is 4. The van der Waals surface area contributed by atoms with Gasteiger partial charge in [0.2, 0.25) is 0 Å². The number of nitrogens with one attached hydrogen (secondary N) is 1. The second-order valence-electron chi connectivity index (χ2n) is 6.51. The number of nitro groups is 1. The Morgan fingerprint density at radius 3 is 2.30 bits per heavy atom. The quantitative estimate of drug-likeness (QED) is 0.655. The van der Waals surface area contributed by atoms with Crippen molar-refractivity contribution >= 4 is 30.5 Å². The van der Waals surface area contributed by atoms with Crippen LogP contribution in [-0.2, 0) is 0 Å². The van der Waals surface area contributed by atoms with Gasteiger partial charge in [-0.3, -0.25) is 15.0 Å². The summed E-state index contributed by atoms with van der Waals surface area (Å²) >= 11 is 0. The second-order valence-corrected chi connectivity index (χ2v) is 6.51. The van der Waals surface area contributed by atoms with Crippen LogP contribution in [0.3, 0.4) is 0 Å². The highest BCUT2D eigenvalue weighted by Crippen LogP contribution is 2.41. The van der Waals surface area contributed by atoms with Gasteiger partial charge in [-0.1, -0.05) is 20.8 Å². The molecule has 1 fully saturated rings. The fourth-order valence-electron chi connectivity index (χ4n) is 3.06.